The molecular weight excluding hydrogens is 444 g/mol. The summed E-state index contributed by atoms with van der Waals surface area (Å²) >= 11 is 0. The minimum atomic E-state index is -1.49. The summed E-state index contributed by atoms with van der Waals surface area (Å²) in [6, 6.07) is 0. The fourth-order valence-corrected chi connectivity index (χ4v) is 1.42. The van der Waals surface area contributed by atoms with Crippen molar-refractivity contribution in [2.24, 2.45) is 0 Å². The van der Waals surface area contributed by atoms with Crippen LogP contribution in [0, 0.1) is 0 Å². The minimum Gasteiger partial charge on any atom is -0.394 e. The molecule has 0 saturated heterocycles. The van der Waals surface area contributed by atoms with Crippen LogP contribution in [-0.4, -0.2) is 194 Å². The van der Waals surface area contributed by atoms with Gasteiger partial charge >= 0.3 is 0 Å². The highest BCUT2D eigenvalue weighted by Crippen LogP contribution is 1.99. The van der Waals surface area contributed by atoms with E-state index in [9.17, 15) is 0 Å². The molecule has 0 saturated carbocycles. The Morgan fingerprint density at radius 3 is 0.452 bits per heavy atom. The number of aliphatic hydroxyl groups is 15. The van der Waals surface area contributed by atoms with Gasteiger partial charge in [0.1, 0.15) is 54.9 Å². The van der Waals surface area contributed by atoms with Gasteiger partial charge in [-0.05, 0) is 0 Å². The van der Waals surface area contributed by atoms with Crippen LogP contribution in [0.1, 0.15) is 0 Å². The average Bonchev–Trinajstić information content (AvgIpc) is 2.79. The number of hydrogen-bond acceptors (Lipinski definition) is 15. The maximum atomic E-state index is 8.77. The van der Waals surface area contributed by atoms with Crippen molar-refractivity contribution < 1.29 is 76.6 Å². The van der Waals surface area contributed by atoms with Crippen molar-refractivity contribution in [2.75, 3.05) is 39.6 Å². The van der Waals surface area contributed by atoms with Crippen molar-refractivity contribution in [1.82, 2.24) is 0 Å². The Kier molecular flexibility index (Phi) is 28.9. The van der Waals surface area contributed by atoms with Crippen LogP contribution in [0.3, 0.4) is 0 Å². The predicted octanol–water partition coefficient (Wildman–Crippen LogP) is -9.22. The van der Waals surface area contributed by atoms with Gasteiger partial charge in [0.05, 0.1) is 39.6 Å². The predicted molar refractivity (Wildman–Crippen MR) is 102 cm³/mol. The van der Waals surface area contributed by atoms with Crippen LogP contribution < -0.4 is 0 Å². The summed E-state index contributed by atoms with van der Waals surface area (Å²) in [6.45, 7) is -3.84. The van der Waals surface area contributed by atoms with Crippen molar-refractivity contribution in [1.29, 1.82) is 0 Å². The molecule has 15 nitrogen and oxygen atoms in total. The largest absolute Gasteiger partial charge is 0.394 e. The molecule has 9 atom stereocenters. The lowest BCUT2D eigenvalue weighted by Crippen LogP contribution is -2.41. The van der Waals surface area contributed by atoms with Crippen LogP contribution in [0.2, 0.25) is 0 Å². The highest BCUT2D eigenvalue weighted by molar-refractivity contribution is 5.75. The number of aliphatic hydroxyl groups excluding tert-OH is 15. The van der Waals surface area contributed by atoms with E-state index in [2.05, 4.69) is 0 Å². The third kappa shape index (κ3) is 18.3. The van der Waals surface area contributed by atoms with Crippen LogP contribution in [-0.2, 0) is 0 Å². The quantitative estimate of drug-likeness (QED) is 0.115. The molecule has 0 heterocycles. The molecule has 0 aromatic carbocycles. The van der Waals surface area contributed by atoms with Crippen LogP contribution >= 0.6 is 0 Å². The van der Waals surface area contributed by atoms with E-state index >= 15 is 0 Å². The molecule has 0 fully saturated rings. The maximum absolute atomic E-state index is 8.77. The van der Waals surface area contributed by atoms with Crippen molar-refractivity contribution >= 4 is 23.1 Å². The second-order valence-corrected chi connectivity index (χ2v) is 5.97. The van der Waals surface area contributed by atoms with E-state index < -0.39 is 94.6 Å². The van der Waals surface area contributed by atoms with Crippen molar-refractivity contribution in [3.8, 4) is 0 Å². The molecule has 2 radical (unpaired) electrons. The van der Waals surface area contributed by atoms with E-state index in [0.29, 0.717) is 0 Å². The fourth-order valence-electron chi connectivity index (χ4n) is 1.42. The molecule has 3 unspecified atom stereocenters. The first-order valence-electron chi connectivity index (χ1n) is 8.67. The molecule has 15 N–H and O–H groups in total. The van der Waals surface area contributed by atoms with Gasteiger partial charge in [-0.25, -0.2) is 0 Å². The summed E-state index contributed by atoms with van der Waals surface area (Å²) in [4.78, 5) is 0. The zero-order valence-corrected chi connectivity index (χ0v) is 18.3. The lowest BCUT2D eigenvalue weighted by molar-refractivity contribution is -0.0900. The lowest BCUT2D eigenvalue weighted by atomic mass is 10.1. The molecular formula is C15H36MgO15. The van der Waals surface area contributed by atoms with Gasteiger partial charge in [0.2, 0.25) is 0 Å². The summed E-state index contributed by atoms with van der Waals surface area (Å²) in [5.41, 5.74) is 0. The van der Waals surface area contributed by atoms with Gasteiger partial charge in [-0.15, -0.1) is 0 Å². The van der Waals surface area contributed by atoms with Crippen LogP contribution in [0.15, 0.2) is 0 Å². The molecule has 0 aliphatic heterocycles. The van der Waals surface area contributed by atoms with E-state index in [0.717, 1.165) is 0 Å². The minimum absolute atomic E-state index is 0. The zero-order valence-electron chi connectivity index (χ0n) is 16.9. The number of hydrogen-bond donors (Lipinski definition) is 15. The van der Waals surface area contributed by atoms with E-state index in [1.165, 1.54) is 0 Å². The smallest absolute Gasteiger partial charge is 0.110 e. The Balaban J connectivity index is -0.000000174. The monoisotopic (exact) mass is 480 g/mol. The Morgan fingerprint density at radius 1 is 0.290 bits per heavy atom. The molecule has 16 heteroatoms. The second-order valence-electron chi connectivity index (χ2n) is 5.97. The Morgan fingerprint density at radius 2 is 0.387 bits per heavy atom. The molecule has 188 valence electrons. The first kappa shape index (κ1) is 38.4. The van der Waals surface area contributed by atoms with E-state index in [1.807, 2.05) is 0 Å². The summed E-state index contributed by atoms with van der Waals surface area (Å²) in [5, 5.41) is 128. The van der Waals surface area contributed by atoms with Crippen LogP contribution in [0.25, 0.3) is 0 Å². The molecule has 0 spiro atoms. The van der Waals surface area contributed by atoms with Gasteiger partial charge in [-0.1, -0.05) is 0 Å². The third-order valence-corrected chi connectivity index (χ3v) is 3.49. The van der Waals surface area contributed by atoms with E-state index in [4.69, 9.17) is 76.6 Å². The summed E-state index contributed by atoms with van der Waals surface area (Å²) < 4.78 is 0. The second kappa shape index (κ2) is 23.3. The molecule has 0 aromatic rings. The number of rotatable bonds is 12. The highest BCUT2D eigenvalue weighted by atomic mass is 24.3. The van der Waals surface area contributed by atoms with Crippen LogP contribution in [0.4, 0.5) is 0 Å². The molecule has 0 aliphatic rings. The molecule has 0 amide bonds. The van der Waals surface area contributed by atoms with Crippen molar-refractivity contribution in [3.05, 3.63) is 0 Å². The molecule has 0 rings (SSSR count). The summed E-state index contributed by atoms with van der Waals surface area (Å²) in [6.07, 6.45) is -12.9. The Labute approximate surface area is 194 Å². The third-order valence-electron chi connectivity index (χ3n) is 3.49. The first-order valence-corrected chi connectivity index (χ1v) is 8.67. The fraction of sp³-hybridized carbons (Fsp3) is 1.00. The standard InChI is InChI=1S/3C5H12O5.Mg/c3*6-1-3(8)5(10)4(9)2-7;/h3*3-10H,1-2H2;/t3*3-,4+,5?;. The van der Waals surface area contributed by atoms with E-state index in [1.54, 1.807) is 0 Å². The van der Waals surface area contributed by atoms with Gasteiger partial charge in [-0.3, -0.25) is 0 Å². The topological polar surface area (TPSA) is 303 Å². The summed E-state index contributed by atoms with van der Waals surface area (Å²) in [7, 11) is 0. The van der Waals surface area contributed by atoms with Gasteiger partial charge < -0.3 is 76.6 Å². The molecule has 0 bridgehead atoms. The Hall–Kier alpha value is 0.166. The normalized spacial score (nSPS) is 19.5. The zero-order chi connectivity index (χ0) is 24.4. The first-order chi connectivity index (χ1) is 13.9. The van der Waals surface area contributed by atoms with Crippen molar-refractivity contribution in [3.63, 3.8) is 0 Å². The maximum Gasteiger partial charge on any atom is 0.110 e. The van der Waals surface area contributed by atoms with Crippen molar-refractivity contribution in [2.45, 2.75) is 54.9 Å². The summed E-state index contributed by atoms with van der Waals surface area (Å²) in [5.74, 6) is 0. The SMILES string of the molecule is OC[C@@H](O)C(O)[C@@H](O)CO.OC[C@@H](O)C(O)[C@@H](O)CO.OC[C@@H](O)C(O)[C@@H](O)CO.[Mg]. The molecule has 0 aliphatic carbocycles. The van der Waals surface area contributed by atoms with Gasteiger partial charge in [0.25, 0.3) is 0 Å². The average molecular weight is 481 g/mol. The van der Waals surface area contributed by atoms with Gasteiger partial charge in [0.15, 0.2) is 0 Å². The highest BCUT2D eigenvalue weighted by Gasteiger charge is 2.24. The molecule has 31 heavy (non-hydrogen) atoms. The lowest BCUT2D eigenvalue weighted by Gasteiger charge is -2.19. The van der Waals surface area contributed by atoms with E-state index in [-0.39, 0.29) is 23.1 Å². The molecule has 0 aromatic heterocycles. The van der Waals surface area contributed by atoms with Gasteiger partial charge in [0, 0.05) is 23.1 Å². The van der Waals surface area contributed by atoms with Gasteiger partial charge in [-0.2, -0.15) is 0 Å². The Bertz CT molecular complexity index is 287. The van der Waals surface area contributed by atoms with Crippen LogP contribution in [0.5, 0.6) is 0 Å².